The molecule has 11 heteroatoms. The van der Waals surface area contributed by atoms with Crippen LogP contribution in [0.25, 0.3) is 0 Å². The molecule has 0 bridgehead atoms. The van der Waals surface area contributed by atoms with E-state index >= 15 is 0 Å². The molecule has 0 fully saturated rings. The first-order chi connectivity index (χ1) is 4.15. The van der Waals surface area contributed by atoms with Gasteiger partial charge in [0.2, 0.25) is 0 Å². The standard InChI is InChI=1S/K.H3NO7S2.H/c;2-1(9(3,4)5)10(6,7)8;/h;2H,(H,3,4,5)(H,6,7,8);. The molecule has 0 aliphatic carbocycles. The summed E-state index contributed by atoms with van der Waals surface area (Å²) >= 11 is 0. The molecule has 0 aromatic heterocycles. The maximum absolute atomic E-state index is 9.67. The van der Waals surface area contributed by atoms with Crippen molar-refractivity contribution < 1.29 is 31.1 Å². The summed E-state index contributed by atoms with van der Waals surface area (Å²) in [6, 6.07) is 0. The monoisotopic (exact) mass is 233 g/mol. The molecule has 8 nitrogen and oxygen atoms in total. The fourth-order valence-corrected chi connectivity index (χ4v) is 1.07. The van der Waals surface area contributed by atoms with Crippen LogP contribution in [0.4, 0.5) is 0 Å². The van der Waals surface area contributed by atoms with E-state index in [-0.39, 0.29) is 51.4 Å². The Kier molecular flexibility index (Phi) is 6.18. The van der Waals surface area contributed by atoms with E-state index in [9.17, 15) is 16.8 Å². The summed E-state index contributed by atoms with van der Waals surface area (Å²) < 4.78 is 52.6. The van der Waals surface area contributed by atoms with E-state index in [2.05, 4.69) is 0 Å². The topological polar surface area (TPSA) is 132 Å². The zero-order valence-electron chi connectivity index (χ0n) is 4.24. The van der Waals surface area contributed by atoms with Crippen molar-refractivity contribution in [3.05, 3.63) is 0 Å². The van der Waals surface area contributed by atoms with Crippen molar-refractivity contribution in [3.8, 4) is 0 Å². The number of rotatable bonds is 2. The molecule has 0 rings (SSSR count). The summed E-state index contributed by atoms with van der Waals surface area (Å²) in [5.74, 6) is 0. The van der Waals surface area contributed by atoms with Crippen molar-refractivity contribution in [1.29, 1.82) is 0 Å². The molecule has 0 spiro atoms. The molecular formula is H4KNO7S2. The fourth-order valence-electron chi connectivity index (χ4n) is 0.119. The average molecular weight is 233 g/mol. The van der Waals surface area contributed by atoms with Gasteiger partial charge in [-0.05, 0) is 0 Å². The van der Waals surface area contributed by atoms with Crippen molar-refractivity contribution in [1.82, 2.24) is 3.87 Å². The SMILES string of the molecule is O=S(=O)(O)N(O)S(=O)(=O)O.[KH]. The molecular weight excluding hydrogens is 229 g/mol. The van der Waals surface area contributed by atoms with E-state index < -0.39 is 24.5 Å². The molecule has 0 aliphatic rings. The van der Waals surface area contributed by atoms with E-state index in [4.69, 9.17) is 14.3 Å². The molecule has 0 saturated heterocycles. The van der Waals surface area contributed by atoms with Gasteiger partial charge < -0.3 is 0 Å². The van der Waals surface area contributed by atoms with Gasteiger partial charge in [-0.1, -0.05) is 0 Å². The van der Waals surface area contributed by atoms with Crippen LogP contribution < -0.4 is 0 Å². The Morgan fingerprint density at radius 1 is 0.909 bits per heavy atom. The fraction of sp³-hybridized carbons (Fsp3) is 0. The number of nitrogens with zero attached hydrogens (tertiary/aromatic N) is 1. The van der Waals surface area contributed by atoms with Crippen molar-refractivity contribution in [2.75, 3.05) is 0 Å². The molecule has 11 heavy (non-hydrogen) atoms. The summed E-state index contributed by atoms with van der Waals surface area (Å²) in [7, 11) is -10.6. The molecule has 0 aromatic carbocycles. The summed E-state index contributed by atoms with van der Waals surface area (Å²) in [5, 5.41) is 7.88. The van der Waals surface area contributed by atoms with E-state index in [0.29, 0.717) is 0 Å². The van der Waals surface area contributed by atoms with Gasteiger partial charge in [0.25, 0.3) is 0 Å². The molecule has 0 aliphatic heterocycles. The van der Waals surface area contributed by atoms with E-state index in [1.54, 1.807) is 0 Å². The Morgan fingerprint density at radius 3 is 1.09 bits per heavy atom. The van der Waals surface area contributed by atoms with Gasteiger partial charge in [0.15, 0.2) is 0 Å². The summed E-state index contributed by atoms with van der Waals surface area (Å²) in [6.45, 7) is 0. The molecule has 0 aromatic rings. The number of hydrogen-bond acceptors (Lipinski definition) is 5. The second kappa shape index (κ2) is 4.57. The Morgan fingerprint density at radius 2 is 1.09 bits per heavy atom. The Balaban J connectivity index is 0. The minimum absolute atomic E-state index is 0. The maximum atomic E-state index is 9.67. The molecule has 3 N–H and O–H groups in total. The van der Waals surface area contributed by atoms with Crippen LogP contribution in [-0.4, -0.2) is 86.4 Å². The minimum atomic E-state index is -5.31. The normalized spacial score (nSPS) is 12.7. The van der Waals surface area contributed by atoms with Crippen molar-refractivity contribution in [2.24, 2.45) is 0 Å². The van der Waals surface area contributed by atoms with E-state index in [0.717, 1.165) is 0 Å². The Bertz CT molecular complexity index is 265. The summed E-state index contributed by atoms with van der Waals surface area (Å²) in [4.78, 5) is 0. The molecule has 0 atom stereocenters. The Hall–Kier alpha value is 1.38. The van der Waals surface area contributed by atoms with Gasteiger partial charge >= 0.3 is 72.0 Å². The molecule has 0 radical (unpaired) electrons. The van der Waals surface area contributed by atoms with Gasteiger partial charge in [0.1, 0.15) is 0 Å². The van der Waals surface area contributed by atoms with Crippen LogP contribution in [0.1, 0.15) is 0 Å². The zero-order valence-corrected chi connectivity index (χ0v) is 5.87. The van der Waals surface area contributed by atoms with Gasteiger partial charge in [0, 0.05) is 0 Å². The molecule has 0 heterocycles. The van der Waals surface area contributed by atoms with Crippen LogP contribution in [0.15, 0.2) is 0 Å². The number of hydrogen-bond donors (Lipinski definition) is 3. The summed E-state index contributed by atoms with van der Waals surface area (Å²) in [5.41, 5.74) is 0. The third-order valence-corrected chi connectivity index (χ3v) is 2.31. The van der Waals surface area contributed by atoms with E-state index in [1.807, 2.05) is 0 Å². The average Bonchev–Trinajstić information content (AvgIpc) is 1.59. The third-order valence-electron chi connectivity index (χ3n) is 0.395. The van der Waals surface area contributed by atoms with Crippen LogP contribution in [-0.2, 0) is 20.6 Å². The first-order valence-electron chi connectivity index (χ1n) is 1.60. The van der Waals surface area contributed by atoms with Gasteiger partial charge in [-0.15, -0.1) is 0 Å². The second-order valence-electron chi connectivity index (χ2n) is 1.13. The van der Waals surface area contributed by atoms with Crippen LogP contribution in [0.2, 0.25) is 0 Å². The van der Waals surface area contributed by atoms with Gasteiger partial charge in [-0.25, -0.2) is 0 Å². The Labute approximate surface area is 105 Å². The molecule has 64 valence electrons. The van der Waals surface area contributed by atoms with Crippen molar-refractivity contribution >= 4 is 72.0 Å². The molecule has 0 amide bonds. The molecule has 0 saturated carbocycles. The first-order valence-corrected chi connectivity index (χ1v) is 4.39. The zero-order chi connectivity index (χ0) is 8.58. The van der Waals surface area contributed by atoms with Gasteiger partial charge in [-0.2, -0.15) is 16.8 Å². The van der Waals surface area contributed by atoms with Crippen LogP contribution in [0.3, 0.4) is 0 Å². The van der Waals surface area contributed by atoms with Crippen LogP contribution in [0, 0.1) is 0 Å². The van der Waals surface area contributed by atoms with E-state index in [1.165, 1.54) is 0 Å². The predicted molar refractivity (Wildman–Crippen MR) is 33.9 cm³/mol. The van der Waals surface area contributed by atoms with Gasteiger partial charge in [0.05, 0.1) is 3.87 Å². The van der Waals surface area contributed by atoms with Crippen molar-refractivity contribution in [2.45, 2.75) is 0 Å². The van der Waals surface area contributed by atoms with Crippen LogP contribution in [0.5, 0.6) is 0 Å². The predicted octanol–water partition coefficient (Wildman–Crippen LogP) is -2.37. The van der Waals surface area contributed by atoms with Crippen molar-refractivity contribution in [3.63, 3.8) is 0 Å². The quantitative estimate of drug-likeness (QED) is 0.276. The first kappa shape index (κ1) is 14.9. The second-order valence-corrected chi connectivity index (χ2v) is 3.85. The summed E-state index contributed by atoms with van der Waals surface area (Å²) in [6.07, 6.45) is 0. The molecule has 0 unspecified atom stereocenters. The van der Waals surface area contributed by atoms with Crippen LogP contribution >= 0.6 is 0 Å². The van der Waals surface area contributed by atoms with Gasteiger partial charge in [-0.3, -0.25) is 14.3 Å². The third kappa shape index (κ3) is 5.59.